The maximum atomic E-state index is 12.7. The summed E-state index contributed by atoms with van der Waals surface area (Å²) in [6.07, 6.45) is 2.11. The van der Waals surface area contributed by atoms with Gasteiger partial charge in [-0.3, -0.25) is 10.2 Å². The minimum atomic E-state index is -0.418. The number of ether oxygens (including phenoxy) is 1. The summed E-state index contributed by atoms with van der Waals surface area (Å²) in [4.78, 5) is 27.3. The number of hydrazine groups is 1. The molecule has 176 valence electrons. The van der Waals surface area contributed by atoms with Crippen LogP contribution in [0, 0.1) is 5.92 Å². The van der Waals surface area contributed by atoms with Gasteiger partial charge in [0.15, 0.2) is 5.78 Å². The number of hydrogen-bond acceptors (Lipinski definition) is 6. The molecule has 0 bridgehead atoms. The van der Waals surface area contributed by atoms with Gasteiger partial charge in [0.1, 0.15) is 0 Å². The van der Waals surface area contributed by atoms with E-state index in [9.17, 15) is 9.59 Å². The summed E-state index contributed by atoms with van der Waals surface area (Å²) >= 11 is 3.41. The smallest absolute Gasteiger partial charge is 0.421 e. The van der Waals surface area contributed by atoms with Crippen molar-refractivity contribution in [3.05, 3.63) is 70.2 Å². The van der Waals surface area contributed by atoms with Gasteiger partial charge in [-0.1, -0.05) is 58.4 Å². The first-order valence-electron chi connectivity index (χ1n) is 11.6. The lowest BCUT2D eigenvalue weighted by Crippen LogP contribution is -2.43. The van der Waals surface area contributed by atoms with Gasteiger partial charge >= 0.3 is 6.09 Å². The van der Waals surface area contributed by atoms with Crippen LogP contribution in [0.25, 0.3) is 0 Å². The Balaban J connectivity index is 1.12. The molecule has 33 heavy (non-hydrogen) atoms. The molecule has 2 aliphatic rings. The third-order valence-electron chi connectivity index (χ3n) is 6.35. The van der Waals surface area contributed by atoms with E-state index in [1.165, 1.54) is 0 Å². The lowest BCUT2D eigenvalue weighted by molar-refractivity contribution is 0.0808. The SMILES string of the molecule is O=C(NN1CNCC1c1ccccc1)OCCCN1CCC(C(=O)c2ccc(Br)cc2)CC1. The molecule has 0 saturated carbocycles. The summed E-state index contributed by atoms with van der Waals surface area (Å²) in [5, 5.41) is 5.16. The largest absolute Gasteiger partial charge is 0.449 e. The second-order valence-electron chi connectivity index (χ2n) is 8.60. The number of rotatable bonds is 8. The third-order valence-corrected chi connectivity index (χ3v) is 6.88. The first kappa shape index (κ1) is 23.9. The van der Waals surface area contributed by atoms with E-state index in [2.05, 4.69) is 43.7 Å². The number of hydrogen-bond donors (Lipinski definition) is 2. The zero-order valence-corrected chi connectivity index (χ0v) is 20.3. The van der Waals surface area contributed by atoms with Gasteiger partial charge in [0.2, 0.25) is 0 Å². The number of amides is 1. The fourth-order valence-electron chi connectivity index (χ4n) is 4.50. The van der Waals surface area contributed by atoms with Gasteiger partial charge in [-0.05, 0) is 50.0 Å². The van der Waals surface area contributed by atoms with Gasteiger partial charge in [0.05, 0.1) is 19.3 Å². The van der Waals surface area contributed by atoms with Crippen LogP contribution in [0.3, 0.4) is 0 Å². The van der Waals surface area contributed by atoms with Crippen LogP contribution in [0.2, 0.25) is 0 Å². The second-order valence-corrected chi connectivity index (χ2v) is 9.51. The number of likely N-dealkylation sites (tertiary alicyclic amines) is 1. The van der Waals surface area contributed by atoms with Gasteiger partial charge in [-0.2, -0.15) is 5.01 Å². The van der Waals surface area contributed by atoms with Crippen LogP contribution in [0.5, 0.6) is 0 Å². The predicted octanol–water partition coefficient (Wildman–Crippen LogP) is 3.98. The summed E-state index contributed by atoms with van der Waals surface area (Å²) in [5.74, 6) is 0.337. The molecule has 1 atom stereocenters. The summed E-state index contributed by atoms with van der Waals surface area (Å²) in [7, 11) is 0. The molecule has 0 radical (unpaired) electrons. The van der Waals surface area contributed by atoms with Crippen LogP contribution in [-0.2, 0) is 4.74 Å². The van der Waals surface area contributed by atoms with Crippen molar-refractivity contribution >= 4 is 27.8 Å². The zero-order valence-electron chi connectivity index (χ0n) is 18.7. The fraction of sp³-hybridized carbons (Fsp3) is 0.440. The molecule has 2 aromatic carbocycles. The zero-order chi connectivity index (χ0) is 23.0. The Morgan fingerprint density at radius 2 is 1.79 bits per heavy atom. The van der Waals surface area contributed by atoms with Gasteiger partial charge in [-0.15, -0.1) is 0 Å². The quantitative estimate of drug-likeness (QED) is 0.410. The normalized spacial score (nSPS) is 20.0. The summed E-state index contributed by atoms with van der Waals surface area (Å²) in [5.41, 5.74) is 4.81. The van der Waals surface area contributed by atoms with E-state index in [0.29, 0.717) is 13.3 Å². The standard InChI is InChI=1S/C25H31BrN4O3/c26-22-9-7-20(8-10-22)24(31)21-11-14-29(15-12-21)13-4-16-33-25(32)28-30-18-27-17-23(30)19-5-2-1-3-6-19/h1-3,5-10,21,23,27H,4,11-18H2,(H,28,32). The molecular weight excluding hydrogens is 484 g/mol. The van der Waals surface area contributed by atoms with Crippen LogP contribution in [-0.4, -0.2) is 61.2 Å². The monoisotopic (exact) mass is 514 g/mol. The van der Waals surface area contributed by atoms with Crippen LogP contribution >= 0.6 is 15.9 Å². The van der Waals surface area contributed by atoms with E-state index < -0.39 is 6.09 Å². The number of nitrogens with zero attached hydrogens (tertiary/aromatic N) is 2. The Bertz CT molecular complexity index is 917. The number of Topliss-reactive ketones (excluding diaryl/α,β-unsaturated/α-hetero) is 1. The highest BCUT2D eigenvalue weighted by atomic mass is 79.9. The predicted molar refractivity (Wildman–Crippen MR) is 131 cm³/mol. The maximum Gasteiger partial charge on any atom is 0.421 e. The number of carbonyl (C=O) groups is 2. The maximum absolute atomic E-state index is 12.7. The second kappa shape index (κ2) is 11.7. The van der Waals surface area contributed by atoms with E-state index in [0.717, 1.165) is 61.0 Å². The average molecular weight is 515 g/mol. The molecule has 1 amide bonds. The number of ketones is 1. The van der Waals surface area contributed by atoms with Crippen LogP contribution in [0.15, 0.2) is 59.1 Å². The van der Waals surface area contributed by atoms with Crippen molar-refractivity contribution in [2.45, 2.75) is 25.3 Å². The topological polar surface area (TPSA) is 73.9 Å². The number of benzene rings is 2. The highest BCUT2D eigenvalue weighted by Gasteiger charge is 2.28. The van der Waals surface area contributed by atoms with Crippen molar-refractivity contribution in [3.63, 3.8) is 0 Å². The third kappa shape index (κ3) is 6.63. The van der Waals surface area contributed by atoms with Crippen LogP contribution in [0.4, 0.5) is 4.79 Å². The molecule has 0 aromatic heterocycles. The number of halogens is 1. The average Bonchev–Trinajstić information content (AvgIpc) is 3.31. The van der Waals surface area contributed by atoms with E-state index in [-0.39, 0.29) is 17.7 Å². The minimum absolute atomic E-state index is 0.0936. The Kier molecular flexibility index (Phi) is 8.50. The van der Waals surface area contributed by atoms with Gasteiger partial charge < -0.3 is 15.0 Å². The van der Waals surface area contributed by atoms with Crippen LogP contribution < -0.4 is 10.7 Å². The van der Waals surface area contributed by atoms with E-state index in [1.54, 1.807) is 0 Å². The van der Waals surface area contributed by atoms with Gasteiger partial charge in [0.25, 0.3) is 0 Å². The van der Waals surface area contributed by atoms with E-state index in [4.69, 9.17) is 4.74 Å². The molecule has 0 spiro atoms. The molecule has 1 unspecified atom stereocenters. The molecule has 0 aliphatic carbocycles. The molecule has 4 rings (SSSR count). The molecule has 8 heteroatoms. The van der Waals surface area contributed by atoms with Crippen molar-refractivity contribution < 1.29 is 14.3 Å². The summed E-state index contributed by atoms with van der Waals surface area (Å²) in [6, 6.07) is 17.8. The molecule has 2 saturated heterocycles. The fourth-order valence-corrected chi connectivity index (χ4v) is 4.77. The van der Waals surface area contributed by atoms with Crippen molar-refractivity contribution in [3.8, 4) is 0 Å². The number of nitrogens with one attached hydrogen (secondary N) is 2. The molecule has 2 aliphatic heterocycles. The summed E-state index contributed by atoms with van der Waals surface area (Å²) < 4.78 is 6.39. The minimum Gasteiger partial charge on any atom is -0.449 e. The molecule has 2 heterocycles. The number of carbonyl (C=O) groups excluding carboxylic acids is 2. The molecule has 2 fully saturated rings. The van der Waals surface area contributed by atoms with Crippen LogP contribution in [0.1, 0.15) is 41.2 Å². The Morgan fingerprint density at radius 3 is 2.52 bits per heavy atom. The first-order valence-corrected chi connectivity index (χ1v) is 12.4. The Morgan fingerprint density at radius 1 is 1.06 bits per heavy atom. The molecule has 7 nitrogen and oxygen atoms in total. The van der Waals surface area contributed by atoms with Crippen molar-refractivity contribution in [1.82, 2.24) is 20.7 Å². The molecular formula is C25H31BrN4O3. The molecule has 2 aromatic rings. The molecule has 2 N–H and O–H groups in total. The van der Waals surface area contributed by atoms with Gasteiger partial charge in [0, 0.05) is 29.0 Å². The summed E-state index contributed by atoms with van der Waals surface area (Å²) in [6.45, 7) is 4.41. The lowest BCUT2D eigenvalue weighted by Gasteiger charge is -2.31. The van der Waals surface area contributed by atoms with Crippen molar-refractivity contribution in [2.24, 2.45) is 5.92 Å². The lowest BCUT2D eigenvalue weighted by atomic mass is 9.89. The van der Waals surface area contributed by atoms with Crippen molar-refractivity contribution in [1.29, 1.82) is 0 Å². The first-order chi connectivity index (χ1) is 16.1. The van der Waals surface area contributed by atoms with E-state index in [1.807, 2.05) is 47.5 Å². The Labute approximate surface area is 203 Å². The highest BCUT2D eigenvalue weighted by molar-refractivity contribution is 9.10. The van der Waals surface area contributed by atoms with Gasteiger partial charge in [-0.25, -0.2) is 4.79 Å². The van der Waals surface area contributed by atoms with E-state index >= 15 is 0 Å². The Hall–Kier alpha value is -2.26. The number of piperidine rings is 1. The van der Waals surface area contributed by atoms with Crippen molar-refractivity contribution in [2.75, 3.05) is 39.5 Å². The highest BCUT2D eigenvalue weighted by Crippen LogP contribution is 2.23.